The van der Waals surface area contributed by atoms with Crippen molar-refractivity contribution in [3.63, 3.8) is 0 Å². The summed E-state index contributed by atoms with van der Waals surface area (Å²) in [5, 5.41) is 9.73. The van der Waals surface area contributed by atoms with Gasteiger partial charge in [0, 0.05) is 35.8 Å². The van der Waals surface area contributed by atoms with Gasteiger partial charge >= 0.3 is 5.97 Å². The fourth-order valence-electron chi connectivity index (χ4n) is 1.59. The van der Waals surface area contributed by atoms with Crippen LogP contribution in [0.1, 0.15) is 18.4 Å². The third-order valence-corrected chi connectivity index (χ3v) is 4.36. The monoisotopic (exact) mass is 349 g/mol. The molecule has 0 saturated carbocycles. The molecule has 0 radical (unpaired) electrons. The third-order valence-electron chi connectivity index (χ3n) is 2.81. The Labute approximate surface area is 138 Å². The summed E-state index contributed by atoms with van der Waals surface area (Å²) in [6, 6.07) is 5.29. The quantitative estimate of drug-likeness (QED) is 0.779. The van der Waals surface area contributed by atoms with E-state index in [0.717, 1.165) is 5.56 Å². The lowest BCUT2D eigenvalue weighted by Crippen LogP contribution is -2.29. The molecule has 0 heterocycles. The van der Waals surface area contributed by atoms with Gasteiger partial charge in [-0.15, -0.1) is 11.8 Å². The molecule has 0 aliphatic rings. The van der Waals surface area contributed by atoms with Crippen LogP contribution in [0.5, 0.6) is 0 Å². The van der Waals surface area contributed by atoms with E-state index in [9.17, 15) is 9.59 Å². The van der Waals surface area contributed by atoms with Crippen molar-refractivity contribution < 1.29 is 14.7 Å². The second kappa shape index (κ2) is 9.18. The van der Waals surface area contributed by atoms with Crippen molar-refractivity contribution in [3.05, 3.63) is 33.8 Å². The largest absolute Gasteiger partial charge is 0.481 e. The summed E-state index contributed by atoms with van der Waals surface area (Å²) in [7, 11) is 1.68. The van der Waals surface area contributed by atoms with E-state index in [4.69, 9.17) is 28.3 Å². The number of hydrogen-bond acceptors (Lipinski definition) is 3. The normalized spacial score (nSPS) is 10.4. The Morgan fingerprint density at radius 1 is 1.33 bits per heavy atom. The minimum absolute atomic E-state index is 0.0181. The summed E-state index contributed by atoms with van der Waals surface area (Å²) in [6.45, 7) is 0.452. The first-order chi connectivity index (χ1) is 9.90. The average Bonchev–Trinajstić information content (AvgIpc) is 2.40. The number of carboxylic acid groups (broad SMARTS) is 1. The van der Waals surface area contributed by atoms with Crippen LogP contribution in [0.2, 0.25) is 10.0 Å². The number of halogens is 2. The van der Waals surface area contributed by atoms with Crippen LogP contribution in [0.4, 0.5) is 0 Å². The number of hydrogen-bond donors (Lipinski definition) is 1. The maximum Gasteiger partial charge on any atom is 0.303 e. The van der Waals surface area contributed by atoms with Crippen LogP contribution in [0.3, 0.4) is 0 Å². The SMILES string of the molecule is CN(CCCC(=O)O)C(=O)CSCc1ccc(Cl)cc1Cl. The van der Waals surface area contributed by atoms with Gasteiger partial charge < -0.3 is 10.0 Å². The van der Waals surface area contributed by atoms with Crippen molar-refractivity contribution in [2.75, 3.05) is 19.3 Å². The smallest absolute Gasteiger partial charge is 0.303 e. The van der Waals surface area contributed by atoms with Crippen LogP contribution in [-0.4, -0.2) is 41.2 Å². The highest BCUT2D eigenvalue weighted by Crippen LogP contribution is 2.24. The van der Waals surface area contributed by atoms with E-state index in [1.165, 1.54) is 11.8 Å². The molecule has 4 nitrogen and oxygen atoms in total. The highest BCUT2D eigenvalue weighted by Gasteiger charge is 2.10. The highest BCUT2D eigenvalue weighted by atomic mass is 35.5. The van der Waals surface area contributed by atoms with Crippen LogP contribution in [-0.2, 0) is 15.3 Å². The Balaban J connectivity index is 2.30. The van der Waals surface area contributed by atoms with Crippen LogP contribution in [0.15, 0.2) is 18.2 Å². The number of rotatable bonds is 8. The fraction of sp³-hybridized carbons (Fsp3) is 0.429. The van der Waals surface area contributed by atoms with Gasteiger partial charge in [-0.1, -0.05) is 29.3 Å². The minimum Gasteiger partial charge on any atom is -0.481 e. The summed E-state index contributed by atoms with van der Waals surface area (Å²) in [5.74, 6) is 0.103. The number of thioether (sulfide) groups is 1. The van der Waals surface area contributed by atoms with Gasteiger partial charge in [0.1, 0.15) is 0 Å². The summed E-state index contributed by atoms with van der Waals surface area (Å²) < 4.78 is 0. The number of amides is 1. The van der Waals surface area contributed by atoms with Gasteiger partial charge in [-0.25, -0.2) is 0 Å². The molecule has 1 aromatic rings. The summed E-state index contributed by atoms with van der Waals surface area (Å²) in [4.78, 5) is 23.8. The molecule has 0 fully saturated rings. The van der Waals surface area contributed by atoms with Gasteiger partial charge in [-0.05, 0) is 24.1 Å². The number of aliphatic carboxylic acids is 1. The molecule has 0 aromatic heterocycles. The molecule has 21 heavy (non-hydrogen) atoms. The molecule has 7 heteroatoms. The van der Waals surface area contributed by atoms with Crippen LogP contribution < -0.4 is 0 Å². The first-order valence-electron chi connectivity index (χ1n) is 6.37. The number of carboxylic acids is 1. The molecule has 116 valence electrons. The number of nitrogens with zero attached hydrogens (tertiary/aromatic N) is 1. The molecule has 0 saturated heterocycles. The van der Waals surface area contributed by atoms with Crippen LogP contribution >= 0.6 is 35.0 Å². The Morgan fingerprint density at radius 2 is 2.05 bits per heavy atom. The predicted octanol–water partition coefficient (Wildman–Crippen LogP) is 3.55. The van der Waals surface area contributed by atoms with Gasteiger partial charge in [0.15, 0.2) is 0 Å². The lowest BCUT2D eigenvalue weighted by molar-refractivity contribution is -0.137. The summed E-state index contributed by atoms with van der Waals surface area (Å²) in [5.41, 5.74) is 0.937. The lowest BCUT2D eigenvalue weighted by atomic mass is 10.2. The highest BCUT2D eigenvalue weighted by molar-refractivity contribution is 7.99. The first kappa shape index (κ1) is 18.1. The van der Waals surface area contributed by atoms with E-state index >= 15 is 0 Å². The van der Waals surface area contributed by atoms with E-state index < -0.39 is 5.97 Å². The molecular formula is C14H17Cl2NO3S. The third kappa shape index (κ3) is 7.07. The Kier molecular flexibility index (Phi) is 7.93. The molecule has 1 amide bonds. The fourth-order valence-corrected chi connectivity index (χ4v) is 3.11. The van der Waals surface area contributed by atoms with Crippen molar-refractivity contribution in [2.45, 2.75) is 18.6 Å². The van der Waals surface area contributed by atoms with Gasteiger partial charge in [-0.3, -0.25) is 9.59 Å². The van der Waals surface area contributed by atoms with Crippen molar-refractivity contribution in [2.24, 2.45) is 0 Å². The second-order valence-electron chi connectivity index (χ2n) is 4.54. The molecule has 0 bridgehead atoms. The molecule has 1 rings (SSSR count). The lowest BCUT2D eigenvalue weighted by Gasteiger charge is -2.16. The predicted molar refractivity (Wildman–Crippen MR) is 87.1 cm³/mol. The van der Waals surface area contributed by atoms with Gasteiger partial charge in [0.05, 0.1) is 5.75 Å². The number of carbonyl (C=O) groups is 2. The zero-order valence-corrected chi connectivity index (χ0v) is 14.0. The molecule has 0 aliphatic carbocycles. The van der Waals surface area contributed by atoms with Crippen molar-refractivity contribution in [1.82, 2.24) is 4.90 Å². The molecular weight excluding hydrogens is 333 g/mol. The molecule has 0 atom stereocenters. The topological polar surface area (TPSA) is 57.6 Å². The molecule has 1 N–H and O–H groups in total. The van der Waals surface area contributed by atoms with Crippen LogP contribution in [0.25, 0.3) is 0 Å². The molecule has 1 aromatic carbocycles. The van der Waals surface area contributed by atoms with E-state index in [1.54, 1.807) is 24.1 Å². The zero-order valence-electron chi connectivity index (χ0n) is 11.6. The molecule has 0 aliphatic heterocycles. The molecule has 0 spiro atoms. The van der Waals surface area contributed by atoms with Gasteiger partial charge in [-0.2, -0.15) is 0 Å². The van der Waals surface area contributed by atoms with Crippen molar-refractivity contribution in [1.29, 1.82) is 0 Å². The number of carbonyl (C=O) groups excluding carboxylic acids is 1. The van der Waals surface area contributed by atoms with Crippen molar-refractivity contribution >= 4 is 46.8 Å². The summed E-state index contributed by atoms with van der Waals surface area (Å²) in [6.07, 6.45) is 0.538. The Hall–Kier alpha value is -0.910. The standard InChI is InChI=1S/C14H17Cl2NO3S/c1-17(6-2-3-14(19)20)13(18)9-21-8-10-4-5-11(15)7-12(10)16/h4-5,7H,2-3,6,8-9H2,1H3,(H,19,20). The van der Waals surface area contributed by atoms with E-state index in [-0.39, 0.29) is 12.3 Å². The van der Waals surface area contributed by atoms with E-state index in [0.29, 0.717) is 34.5 Å². The average molecular weight is 350 g/mol. The Bertz CT molecular complexity index is 511. The van der Waals surface area contributed by atoms with E-state index in [2.05, 4.69) is 0 Å². The van der Waals surface area contributed by atoms with Gasteiger partial charge in [0.25, 0.3) is 0 Å². The van der Waals surface area contributed by atoms with Crippen molar-refractivity contribution in [3.8, 4) is 0 Å². The van der Waals surface area contributed by atoms with Crippen LogP contribution in [0, 0.1) is 0 Å². The maximum atomic E-state index is 11.9. The number of benzene rings is 1. The first-order valence-corrected chi connectivity index (χ1v) is 8.28. The molecule has 0 unspecified atom stereocenters. The maximum absolute atomic E-state index is 11.9. The Morgan fingerprint density at radius 3 is 2.67 bits per heavy atom. The second-order valence-corrected chi connectivity index (χ2v) is 6.37. The summed E-state index contributed by atoms with van der Waals surface area (Å²) >= 11 is 13.3. The minimum atomic E-state index is -0.845. The zero-order chi connectivity index (χ0) is 15.8. The van der Waals surface area contributed by atoms with E-state index in [1.807, 2.05) is 6.07 Å². The van der Waals surface area contributed by atoms with Gasteiger partial charge in [0.2, 0.25) is 5.91 Å².